The number of halogens is 1. The molecule has 2 rings (SSSR count). The van der Waals surface area contributed by atoms with E-state index in [-0.39, 0.29) is 0 Å². The monoisotopic (exact) mass is 228 g/mol. The molecule has 1 heterocycles. The fourth-order valence-corrected chi connectivity index (χ4v) is 2.09. The molecule has 4 nitrogen and oxygen atoms in total. The first-order chi connectivity index (χ1) is 7.18. The van der Waals surface area contributed by atoms with Crippen LogP contribution in [0.2, 0.25) is 0 Å². The van der Waals surface area contributed by atoms with Crippen molar-refractivity contribution in [3.63, 3.8) is 0 Å². The Morgan fingerprint density at radius 2 is 2.33 bits per heavy atom. The summed E-state index contributed by atoms with van der Waals surface area (Å²) in [6.07, 6.45) is 6.02. The molecule has 0 aliphatic heterocycles. The number of hydrogen-bond acceptors (Lipinski definition) is 2. The Kier molecular flexibility index (Phi) is 2.95. The van der Waals surface area contributed by atoms with Crippen molar-refractivity contribution in [2.75, 3.05) is 0 Å². The summed E-state index contributed by atoms with van der Waals surface area (Å²) >= 11 is 5.70. The number of alkyl halides is 1. The van der Waals surface area contributed by atoms with Gasteiger partial charge in [0.2, 0.25) is 0 Å². The fourth-order valence-electron chi connectivity index (χ4n) is 1.94. The van der Waals surface area contributed by atoms with Crippen molar-refractivity contribution in [2.45, 2.75) is 37.6 Å². The number of carbonyl (C=O) groups is 1. The third-order valence-corrected chi connectivity index (χ3v) is 3.06. The number of carboxylic acid groups (broad SMARTS) is 1. The summed E-state index contributed by atoms with van der Waals surface area (Å²) in [5, 5.41) is 7.85. The fraction of sp³-hybridized carbons (Fsp3) is 0.600. The second-order valence-corrected chi connectivity index (χ2v) is 4.33. The smallest absolute Gasteiger partial charge is 0.323 e. The number of hydrogen-bond donors (Lipinski definition) is 1. The molecule has 0 saturated carbocycles. The molecule has 0 amide bonds. The zero-order valence-corrected chi connectivity index (χ0v) is 9.07. The van der Waals surface area contributed by atoms with Gasteiger partial charge in [0.05, 0.1) is 18.6 Å². The molecular formula is C10H13ClN2O2. The minimum absolute atomic E-state index is 0.305. The van der Waals surface area contributed by atoms with Crippen LogP contribution in [0.3, 0.4) is 0 Å². The highest BCUT2D eigenvalue weighted by molar-refractivity contribution is 6.29. The molecule has 1 aromatic heterocycles. The van der Waals surface area contributed by atoms with Gasteiger partial charge >= 0.3 is 5.97 Å². The van der Waals surface area contributed by atoms with Gasteiger partial charge in [0.25, 0.3) is 0 Å². The maximum atomic E-state index is 10.6. The highest BCUT2D eigenvalue weighted by Crippen LogP contribution is 2.20. The lowest BCUT2D eigenvalue weighted by molar-refractivity contribution is -0.136. The third kappa shape index (κ3) is 2.15. The van der Waals surface area contributed by atoms with Crippen LogP contribution >= 0.6 is 11.6 Å². The van der Waals surface area contributed by atoms with Gasteiger partial charge in [0, 0.05) is 5.69 Å². The van der Waals surface area contributed by atoms with Crippen molar-refractivity contribution in [1.29, 1.82) is 0 Å². The van der Waals surface area contributed by atoms with Gasteiger partial charge in [-0.3, -0.25) is 4.79 Å². The lowest BCUT2D eigenvalue weighted by atomic mass is 10.0. The SMILES string of the molecule is O=C(O)C(Cl)Cn1cnc2c1CCCC2. The summed E-state index contributed by atoms with van der Waals surface area (Å²) in [5.74, 6) is -0.977. The molecule has 0 saturated heterocycles. The van der Waals surface area contributed by atoms with Gasteiger partial charge in [-0.25, -0.2) is 4.98 Å². The largest absolute Gasteiger partial charge is 0.480 e. The van der Waals surface area contributed by atoms with Crippen LogP contribution < -0.4 is 0 Å². The second-order valence-electron chi connectivity index (χ2n) is 3.80. The van der Waals surface area contributed by atoms with Crippen LogP contribution in [0, 0.1) is 0 Å². The minimum atomic E-state index is -0.977. The molecule has 0 radical (unpaired) electrons. The van der Waals surface area contributed by atoms with Crippen LogP contribution in [0.1, 0.15) is 24.2 Å². The average molecular weight is 229 g/mol. The van der Waals surface area contributed by atoms with E-state index in [4.69, 9.17) is 16.7 Å². The molecule has 1 aliphatic rings. The average Bonchev–Trinajstić information content (AvgIpc) is 2.62. The van der Waals surface area contributed by atoms with Gasteiger partial charge in [0.1, 0.15) is 5.38 Å². The number of fused-ring (bicyclic) bond motifs is 1. The molecule has 15 heavy (non-hydrogen) atoms. The van der Waals surface area contributed by atoms with Crippen LogP contribution in [0.15, 0.2) is 6.33 Å². The van der Waals surface area contributed by atoms with Crippen LogP contribution in [-0.4, -0.2) is 26.0 Å². The van der Waals surface area contributed by atoms with E-state index in [0.717, 1.165) is 30.7 Å². The van der Waals surface area contributed by atoms with Crippen molar-refractivity contribution in [3.8, 4) is 0 Å². The quantitative estimate of drug-likeness (QED) is 0.797. The summed E-state index contributed by atoms with van der Waals surface area (Å²) in [6.45, 7) is 0.305. The van der Waals surface area contributed by atoms with Crippen molar-refractivity contribution in [1.82, 2.24) is 9.55 Å². The van der Waals surface area contributed by atoms with Gasteiger partial charge in [-0.05, 0) is 25.7 Å². The first-order valence-corrected chi connectivity index (χ1v) is 5.52. The maximum Gasteiger partial charge on any atom is 0.323 e. The Morgan fingerprint density at radius 3 is 3.07 bits per heavy atom. The number of aromatic nitrogens is 2. The first kappa shape index (κ1) is 10.5. The Balaban J connectivity index is 2.15. The molecule has 82 valence electrons. The standard InChI is InChI=1S/C10H13ClN2O2/c11-7(10(14)15)5-13-6-12-8-3-1-2-4-9(8)13/h6-7H,1-5H2,(H,14,15). The molecule has 1 atom stereocenters. The molecule has 0 spiro atoms. The predicted octanol–water partition coefficient (Wildman–Crippen LogP) is 1.45. The summed E-state index contributed by atoms with van der Waals surface area (Å²) in [7, 11) is 0. The number of aryl methyl sites for hydroxylation is 1. The summed E-state index contributed by atoms with van der Waals surface area (Å²) < 4.78 is 1.88. The maximum absolute atomic E-state index is 10.6. The molecular weight excluding hydrogens is 216 g/mol. The van der Waals surface area contributed by atoms with E-state index >= 15 is 0 Å². The molecule has 0 bridgehead atoms. The summed E-state index contributed by atoms with van der Waals surface area (Å²) in [4.78, 5) is 14.9. The molecule has 1 N–H and O–H groups in total. The molecule has 0 fully saturated rings. The van der Waals surface area contributed by atoms with Gasteiger partial charge < -0.3 is 9.67 Å². The Hall–Kier alpha value is -1.03. The number of imidazole rings is 1. The van der Waals surface area contributed by atoms with Gasteiger partial charge in [0.15, 0.2) is 0 Å². The molecule has 1 unspecified atom stereocenters. The van der Waals surface area contributed by atoms with Crippen molar-refractivity contribution < 1.29 is 9.90 Å². The van der Waals surface area contributed by atoms with Crippen molar-refractivity contribution >= 4 is 17.6 Å². The number of carboxylic acids is 1. The van der Waals surface area contributed by atoms with Crippen molar-refractivity contribution in [3.05, 3.63) is 17.7 Å². The Bertz CT molecular complexity index is 375. The number of aliphatic carboxylic acids is 1. The lowest BCUT2D eigenvalue weighted by Gasteiger charge is -2.14. The van der Waals surface area contributed by atoms with E-state index in [1.807, 2.05) is 4.57 Å². The zero-order valence-electron chi connectivity index (χ0n) is 8.32. The minimum Gasteiger partial charge on any atom is -0.480 e. The van der Waals surface area contributed by atoms with E-state index in [2.05, 4.69) is 4.98 Å². The van der Waals surface area contributed by atoms with E-state index in [1.165, 1.54) is 6.42 Å². The number of nitrogens with zero attached hydrogens (tertiary/aromatic N) is 2. The van der Waals surface area contributed by atoms with E-state index < -0.39 is 11.3 Å². The van der Waals surface area contributed by atoms with Gasteiger partial charge in [-0.15, -0.1) is 11.6 Å². The summed E-state index contributed by atoms with van der Waals surface area (Å²) in [6, 6.07) is 0. The topological polar surface area (TPSA) is 55.1 Å². The first-order valence-electron chi connectivity index (χ1n) is 5.08. The highest BCUT2D eigenvalue weighted by atomic mass is 35.5. The molecule has 0 aromatic carbocycles. The van der Waals surface area contributed by atoms with E-state index in [9.17, 15) is 4.79 Å². The van der Waals surface area contributed by atoms with E-state index in [0.29, 0.717) is 6.54 Å². The van der Waals surface area contributed by atoms with Gasteiger partial charge in [-0.2, -0.15) is 0 Å². The van der Waals surface area contributed by atoms with Crippen LogP contribution in [-0.2, 0) is 24.2 Å². The Morgan fingerprint density at radius 1 is 1.60 bits per heavy atom. The Labute approximate surface area is 92.9 Å². The molecule has 5 heteroatoms. The van der Waals surface area contributed by atoms with Gasteiger partial charge in [-0.1, -0.05) is 0 Å². The van der Waals surface area contributed by atoms with Crippen LogP contribution in [0.5, 0.6) is 0 Å². The highest BCUT2D eigenvalue weighted by Gasteiger charge is 2.19. The van der Waals surface area contributed by atoms with Crippen LogP contribution in [0.25, 0.3) is 0 Å². The van der Waals surface area contributed by atoms with E-state index in [1.54, 1.807) is 6.33 Å². The molecule has 1 aliphatic carbocycles. The lowest BCUT2D eigenvalue weighted by Crippen LogP contribution is -2.21. The molecule has 1 aromatic rings. The zero-order chi connectivity index (χ0) is 10.8. The second kappa shape index (κ2) is 4.23. The number of rotatable bonds is 3. The normalized spacial score (nSPS) is 17.1. The summed E-state index contributed by atoms with van der Waals surface area (Å²) in [5.41, 5.74) is 2.27. The van der Waals surface area contributed by atoms with Crippen LogP contribution in [0.4, 0.5) is 0 Å². The van der Waals surface area contributed by atoms with Crippen molar-refractivity contribution in [2.24, 2.45) is 0 Å². The predicted molar refractivity (Wildman–Crippen MR) is 56.1 cm³/mol. The third-order valence-electron chi connectivity index (χ3n) is 2.73.